The van der Waals surface area contributed by atoms with E-state index in [0.29, 0.717) is 19.3 Å². The van der Waals surface area contributed by atoms with Crippen molar-refractivity contribution < 1.29 is 58.2 Å². The molecule has 0 radical (unpaired) electrons. The van der Waals surface area contributed by atoms with Crippen LogP contribution in [0.3, 0.4) is 0 Å². The number of carboxylic acids is 1. The highest BCUT2D eigenvalue weighted by molar-refractivity contribution is 5.74. The molecule has 1 aliphatic rings. The number of carbonyl (C=O) groups excluding carboxylic acids is 3. The third-order valence-corrected chi connectivity index (χ3v) is 12.4. The smallest absolute Gasteiger partial charge is 0.335 e. The Hall–Kier alpha value is -3.32. The zero-order valence-corrected chi connectivity index (χ0v) is 43.6. The summed E-state index contributed by atoms with van der Waals surface area (Å²) in [6, 6.07) is 0. The molecule has 6 unspecified atom stereocenters. The Kier molecular flexibility index (Phi) is 42.3. The second-order valence-electron chi connectivity index (χ2n) is 18.8. The van der Waals surface area contributed by atoms with Crippen LogP contribution >= 0.6 is 0 Å². The zero-order valence-electron chi connectivity index (χ0n) is 43.6. The van der Waals surface area contributed by atoms with Gasteiger partial charge >= 0.3 is 23.9 Å². The van der Waals surface area contributed by atoms with E-state index in [-0.39, 0.29) is 25.9 Å². The van der Waals surface area contributed by atoms with E-state index in [1.807, 2.05) is 0 Å². The Morgan fingerprint density at radius 3 is 1.42 bits per heavy atom. The van der Waals surface area contributed by atoms with E-state index in [9.17, 15) is 34.5 Å². The predicted molar refractivity (Wildman–Crippen MR) is 276 cm³/mol. The van der Waals surface area contributed by atoms with Crippen molar-refractivity contribution in [1.29, 1.82) is 0 Å². The molecule has 0 amide bonds. The van der Waals surface area contributed by atoms with Gasteiger partial charge in [0.25, 0.3) is 0 Å². The summed E-state index contributed by atoms with van der Waals surface area (Å²) in [6.07, 6.45) is 41.0. The Morgan fingerprint density at radius 2 is 0.913 bits per heavy atom. The third-order valence-electron chi connectivity index (χ3n) is 12.4. The number of unbranched alkanes of at least 4 members (excludes halogenated alkanes) is 24. The maximum atomic E-state index is 13.0. The number of hydrogen-bond donors (Lipinski definition) is 3. The zero-order chi connectivity index (χ0) is 50.4. The van der Waals surface area contributed by atoms with E-state index in [1.54, 1.807) is 0 Å². The lowest BCUT2D eigenvalue weighted by Crippen LogP contribution is -2.61. The van der Waals surface area contributed by atoms with Crippen molar-refractivity contribution in [2.24, 2.45) is 0 Å². The van der Waals surface area contributed by atoms with Gasteiger partial charge in [-0.1, -0.05) is 191 Å². The fraction of sp³-hybridized carbons (Fsp3) is 0.789. The fourth-order valence-corrected chi connectivity index (χ4v) is 8.14. The molecule has 1 heterocycles. The van der Waals surface area contributed by atoms with Crippen molar-refractivity contribution in [1.82, 2.24) is 0 Å². The Balaban J connectivity index is 2.68. The van der Waals surface area contributed by atoms with Crippen LogP contribution in [-0.4, -0.2) is 89.2 Å². The topological polar surface area (TPSA) is 175 Å². The van der Waals surface area contributed by atoms with Crippen LogP contribution in [0.2, 0.25) is 0 Å². The number of esters is 3. The number of aliphatic carboxylic acids is 1. The van der Waals surface area contributed by atoms with Crippen molar-refractivity contribution in [2.45, 2.75) is 276 Å². The summed E-state index contributed by atoms with van der Waals surface area (Å²) >= 11 is 0. The number of rotatable bonds is 46. The first-order valence-corrected chi connectivity index (χ1v) is 27.6. The van der Waals surface area contributed by atoms with Gasteiger partial charge in [-0.05, 0) is 77.0 Å². The lowest BCUT2D eigenvalue weighted by atomic mass is 9.98. The van der Waals surface area contributed by atoms with Crippen molar-refractivity contribution >= 4 is 23.9 Å². The molecule has 1 aliphatic heterocycles. The molecule has 0 saturated carbocycles. The van der Waals surface area contributed by atoms with Gasteiger partial charge in [0.05, 0.1) is 6.61 Å². The molecule has 6 atom stereocenters. The first-order chi connectivity index (χ1) is 33.6. The minimum atomic E-state index is -1.90. The first kappa shape index (κ1) is 63.7. The van der Waals surface area contributed by atoms with Crippen LogP contribution in [0.5, 0.6) is 0 Å². The Bertz CT molecular complexity index is 1390. The van der Waals surface area contributed by atoms with Crippen LogP contribution in [0.15, 0.2) is 48.6 Å². The summed E-state index contributed by atoms with van der Waals surface area (Å²) in [7, 11) is 0. The molecule has 3 N–H and O–H groups in total. The van der Waals surface area contributed by atoms with E-state index < -0.39 is 67.3 Å². The van der Waals surface area contributed by atoms with Crippen LogP contribution in [0.1, 0.15) is 239 Å². The second-order valence-corrected chi connectivity index (χ2v) is 18.8. The normalized spacial score (nSPS) is 19.0. The molecular weight excluding hydrogens is 877 g/mol. The molecule has 12 heteroatoms. The van der Waals surface area contributed by atoms with Gasteiger partial charge in [-0.25, -0.2) is 4.79 Å². The van der Waals surface area contributed by atoms with E-state index in [1.165, 1.54) is 89.9 Å². The molecule has 0 aromatic carbocycles. The average Bonchev–Trinajstić information content (AvgIpc) is 3.33. The molecule has 1 saturated heterocycles. The minimum Gasteiger partial charge on any atom is -0.479 e. The van der Waals surface area contributed by atoms with Gasteiger partial charge < -0.3 is 39.0 Å². The molecule has 12 nitrogen and oxygen atoms in total. The van der Waals surface area contributed by atoms with Crippen molar-refractivity contribution in [3.63, 3.8) is 0 Å². The molecule has 0 aromatic rings. The molecule has 0 bridgehead atoms. The Morgan fingerprint density at radius 1 is 0.493 bits per heavy atom. The number of aliphatic hydroxyl groups excluding tert-OH is 2. The maximum absolute atomic E-state index is 13.0. The molecule has 0 spiro atoms. The van der Waals surface area contributed by atoms with Crippen molar-refractivity contribution in [2.75, 3.05) is 13.2 Å². The van der Waals surface area contributed by atoms with Gasteiger partial charge in [-0.15, -0.1) is 0 Å². The molecule has 69 heavy (non-hydrogen) atoms. The van der Waals surface area contributed by atoms with Crippen LogP contribution in [0.4, 0.5) is 0 Å². The van der Waals surface area contributed by atoms with E-state index in [4.69, 9.17) is 23.7 Å². The highest BCUT2D eigenvalue weighted by Crippen LogP contribution is 2.26. The van der Waals surface area contributed by atoms with Gasteiger partial charge in [0.15, 0.2) is 24.6 Å². The number of aliphatic hydroxyl groups is 2. The fourth-order valence-electron chi connectivity index (χ4n) is 8.14. The number of allylic oxidation sites excluding steroid dienone is 8. The average molecular weight is 975 g/mol. The van der Waals surface area contributed by atoms with Gasteiger partial charge in [-0.3, -0.25) is 14.4 Å². The predicted octanol–water partition coefficient (Wildman–Crippen LogP) is 13.4. The van der Waals surface area contributed by atoms with Crippen molar-refractivity contribution in [3.05, 3.63) is 48.6 Å². The van der Waals surface area contributed by atoms with E-state index >= 15 is 0 Å². The van der Waals surface area contributed by atoms with Crippen LogP contribution in [0.25, 0.3) is 0 Å². The molecule has 1 rings (SSSR count). The summed E-state index contributed by atoms with van der Waals surface area (Å²) in [5.74, 6) is -3.16. The highest BCUT2D eigenvalue weighted by atomic mass is 16.7. The second kappa shape index (κ2) is 45.8. The van der Waals surface area contributed by atoms with Crippen LogP contribution in [-0.2, 0) is 42.9 Å². The molecular formula is C57H98O12. The monoisotopic (exact) mass is 975 g/mol. The summed E-state index contributed by atoms with van der Waals surface area (Å²) in [5, 5.41) is 31.4. The standard InChI is InChI=1S/C57H98O12/c1-4-7-10-13-16-19-21-23-24-25-26-28-30-33-36-39-42-45-51(60)68-55-53(62)52(61)54(56(63)64)69-57(55)66-47-48(67-50(59)44-41-38-35-31-18-15-12-9-6-3)46-65-49(58)43-40-37-34-32-29-27-22-20-17-14-11-8-5-2/h8,11,17,20,23-24,27,29,48,52-55,57,61-62H,4-7,9-10,12-16,18-19,21-22,25-26,28,30-47H2,1-3H3,(H,63,64)/b11-8-,20-17-,24-23-,29-27-. The third kappa shape index (κ3) is 36.3. The SMILES string of the molecule is CC/C=C\C/C=C\C/C=C\CCCCCC(=O)OCC(COC1OC(C(=O)O)C(O)C(O)C1OC(=O)CCCCCCCCC/C=C\CCCCCCCC)OC(=O)CCCCCCCCCCC. The molecule has 398 valence electrons. The lowest BCUT2D eigenvalue weighted by Gasteiger charge is -2.40. The maximum Gasteiger partial charge on any atom is 0.335 e. The lowest BCUT2D eigenvalue weighted by molar-refractivity contribution is -0.301. The van der Waals surface area contributed by atoms with Crippen LogP contribution in [0, 0.1) is 0 Å². The van der Waals surface area contributed by atoms with E-state index in [2.05, 4.69) is 69.4 Å². The summed E-state index contributed by atoms with van der Waals surface area (Å²) in [6.45, 7) is 5.81. The Labute approximate surface area is 418 Å². The number of carboxylic acid groups (broad SMARTS) is 1. The van der Waals surface area contributed by atoms with Crippen molar-refractivity contribution in [3.8, 4) is 0 Å². The van der Waals surface area contributed by atoms with Crippen LogP contribution < -0.4 is 0 Å². The number of carbonyl (C=O) groups is 4. The summed E-state index contributed by atoms with van der Waals surface area (Å²) in [4.78, 5) is 50.8. The molecule has 0 aliphatic carbocycles. The van der Waals surface area contributed by atoms with E-state index in [0.717, 1.165) is 89.9 Å². The van der Waals surface area contributed by atoms with Gasteiger partial charge in [-0.2, -0.15) is 0 Å². The summed E-state index contributed by atoms with van der Waals surface area (Å²) in [5.41, 5.74) is 0. The highest BCUT2D eigenvalue weighted by Gasteiger charge is 2.50. The van der Waals surface area contributed by atoms with Gasteiger partial charge in [0, 0.05) is 19.3 Å². The first-order valence-electron chi connectivity index (χ1n) is 27.6. The molecule has 1 fully saturated rings. The van der Waals surface area contributed by atoms with Gasteiger partial charge in [0.2, 0.25) is 0 Å². The quantitative estimate of drug-likeness (QED) is 0.0228. The number of hydrogen-bond acceptors (Lipinski definition) is 11. The van der Waals surface area contributed by atoms with Gasteiger partial charge in [0.1, 0.15) is 18.8 Å². The molecule has 0 aromatic heterocycles. The largest absolute Gasteiger partial charge is 0.479 e. The summed E-state index contributed by atoms with van der Waals surface area (Å²) < 4.78 is 28.3. The minimum absolute atomic E-state index is 0.0541. The number of ether oxygens (including phenoxy) is 5.